The van der Waals surface area contributed by atoms with E-state index in [0.29, 0.717) is 0 Å². The monoisotopic (exact) mass is 282 g/mol. The molecule has 4 N–H and O–H groups in total. The van der Waals surface area contributed by atoms with Crippen molar-refractivity contribution in [1.82, 2.24) is 4.72 Å². The Morgan fingerprint density at radius 3 is 2.33 bits per heavy atom. The van der Waals surface area contributed by atoms with Crippen molar-refractivity contribution >= 4 is 21.9 Å². The van der Waals surface area contributed by atoms with Crippen LogP contribution in [0.3, 0.4) is 0 Å². The van der Waals surface area contributed by atoms with Gasteiger partial charge in [-0.2, -0.15) is 0 Å². The number of carboxylic acid groups (broad SMARTS) is 1. The van der Waals surface area contributed by atoms with Crippen LogP contribution in [0.25, 0.3) is 0 Å². The number of carbonyl (C=O) groups is 2. The number of amides is 1. The van der Waals surface area contributed by atoms with Gasteiger partial charge in [0.1, 0.15) is 6.04 Å². The number of primary amides is 1. The smallest absolute Gasteiger partial charge is 0.322 e. The van der Waals surface area contributed by atoms with Crippen LogP contribution in [-0.2, 0) is 24.3 Å². The van der Waals surface area contributed by atoms with Gasteiger partial charge in [-0.15, -0.1) is 0 Å². The molecule has 18 heavy (non-hydrogen) atoms. The molecule has 0 radical (unpaired) electrons. The summed E-state index contributed by atoms with van der Waals surface area (Å²) in [5.74, 6) is -2.74. The van der Waals surface area contributed by atoms with Crippen LogP contribution < -0.4 is 10.5 Å². The van der Waals surface area contributed by atoms with Gasteiger partial charge in [-0.25, -0.2) is 13.1 Å². The maximum atomic E-state index is 11.5. The first-order chi connectivity index (χ1) is 8.14. The molecule has 9 heteroatoms. The molecular formula is C9H18N2O6S. The summed E-state index contributed by atoms with van der Waals surface area (Å²) in [5.41, 5.74) is 4.83. The third-order valence-electron chi connectivity index (χ3n) is 1.83. The first-order valence-corrected chi connectivity index (χ1v) is 6.92. The zero-order valence-corrected chi connectivity index (χ0v) is 11.1. The third kappa shape index (κ3) is 7.98. The number of ether oxygens (including phenoxy) is 1. The van der Waals surface area contributed by atoms with Crippen LogP contribution in [0.1, 0.15) is 20.3 Å². The Balaban J connectivity index is 4.42. The van der Waals surface area contributed by atoms with Gasteiger partial charge in [-0.3, -0.25) is 9.59 Å². The molecule has 0 aromatic heterocycles. The molecule has 0 saturated heterocycles. The predicted octanol–water partition coefficient (Wildman–Crippen LogP) is -1.34. The van der Waals surface area contributed by atoms with Crippen LogP contribution in [0.15, 0.2) is 0 Å². The van der Waals surface area contributed by atoms with Gasteiger partial charge in [-0.05, 0) is 13.8 Å². The Morgan fingerprint density at radius 2 is 1.94 bits per heavy atom. The van der Waals surface area contributed by atoms with Crippen molar-refractivity contribution in [3.05, 3.63) is 0 Å². The molecule has 0 aliphatic rings. The second-order valence-corrected chi connectivity index (χ2v) is 5.79. The van der Waals surface area contributed by atoms with Crippen LogP contribution in [0.2, 0.25) is 0 Å². The average Bonchev–Trinajstić information content (AvgIpc) is 2.14. The van der Waals surface area contributed by atoms with Crippen LogP contribution in [-0.4, -0.2) is 49.9 Å². The Bertz CT molecular complexity index is 392. The summed E-state index contributed by atoms with van der Waals surface area (Å²) in [5, 5.41) is 8.73. The summed E-state index contributed by atoms with van der Waals surface area (Å²) in [4.78, 5) is 21.3. The van der Waals surface area contributed by atoms with Gasteiger partial charge < -0.3 is 15.6 Å². The van der Waals surface area contributed by atoms with Crippen molar-refractivity contribution in [3.63, 3.8) is 0 Å². The number of aliphatic carboxylic acids is 1. The highest BCUT2D eigenvalue weighted by molar-refractivity contribution is 7.89. The summed E-state index contributed by atoms with van der Waals surface area (Å²) in [6.45, 7) is 3.43. The molecule has 0 spiro atoms. The minimum Gasteiger partial charge on any atom is -0.480 e. The molecule has 0 heterocycles. The Hall–Kier alpha value is -1.19. The van der Waals surface area contributed by atoms with Crippen LogP contribution in [0.5, 0.6) is 0 Å². The fourth-order valence-corrected chi connectivity index (χ4v) is 2.10. The largest absolute Gasteiger partial charge is 0.480 e. The molecule has 8 nitrogen and oxygen atoms in total. The van der Waals surface area contributed by atoms with E-state index in [1.54, 1.807) is 13.8 Å². The number of nitrogens with one attached hydrogen (secondary N) is 1. The van der Waals surface area contributed by atoms with E-state index >= 15 is 0 Å². The maximum absolute atomic E-state index is 11.5. The fourth-order valence-electron chi connectivity index (χ4n) is 1.05. The molecular weight excluding hydrogens is 264 g/mol. The highest BCUT2D eigenvalue weighted by Gasteiger charge is 2.25. The second kappa shape index (κ2) is 7.29. The number of nitrogens with two attached hydrogens (primary N) is 1. The zero-order chi connectivity index (χ0) is 14.3. The van der Waals surface area contributed by atoms with E-state index in [0.717, 1.165) is 0 Å². The lowest BCUT2D eigenvalue weighted by molar-refractivity contribution is -0.140. The van der Waals surface area contributed by atoms with Crippen molar-refractivity contribution in [2.24, 2.45) is 5.73 Å². The first kappa shape index (κ1) is 16.8. The fraction of sp³-hybridized carbons (Fsp3) is 0.778. The Kier molecular flexibility index (Phi) is 6.81. The molecule has 1 atom stereocenters. The number of carboxylic acids is 1. The molecule has 0 aliphatic carbocycles. The van der Waals surface area contributed by atoms with Crippen LogP contribution >= 0.6 is 0 Å². The lowest BCUT2D eigenvalue weighted by Gasteiger charge is -2.13. The predicted molar refractivity (Wildman–Crippen MR) is 63.2 cm³/mol. The van der Waals surface area contributed by atoms with Gasteiger partial charge >= 0.3 is 5.97 Å². The summed E-state index contributed by atoms with van der Waals surface area (Å²) in [6.07, 6.45) is -0.722. The van der Waals surface area contributed by atoms with E-state index in [1.165, 1.54) is 0 Å². The number of hydrogen-bond donors (Lipinski definition) is 3. The standard InChI is InChI=1S/C9H18N2O6S/c1-6(2)17-3-4-18(15,16)11-7(9(13)14)5-8(10)12/h6-7,11H,3-5H2,1-2H3,(H2,10,12)(H,13,14). The van der Waals surface area contributed by atoms with E-state index in [2.05, 4.69) is 0 Å². The van der Waals surface area contributed by atoms with E-state index in [1.807, 2.05) is 4.72 Å². The highest BCUT2D eigenvalue weighted by Crippen LogP contribution is 1.97. The molecule has 0 bridgehead atoms. The van der Waals surface area contributed by atoms with Crippen molar-refractivity contribution in [1.29, 1.82) is 0 Å². The van der Waals surface area contributed by atoms with Gasteiger partial charge in [0.2, 0.25) is 15.9 Å². The third-order valence-corrected chi connectivity index (χ3v) is 3.18. The zero-order valence-electron chi connectivity index (χ0n) is 10.3. The quantitative estimate of drug-likeness (QED) is 0.479. The summed E-state index contributed by atoms with van der Waals surface area (Å²) in [6, 6.07) is -1.55. The lowest BCUT2D eigenvalue weighted by Crippen LogP contribution is -2.44. The highest BCUT2D eigenvalue weighted by atomic mass is 32.2. The van der Waals surface area contributed by atoms with Crippen molar-refractivity contribution in [3.8, 4) is 0 Å². The molecule has 0 aromatic rings. The van der Waals surface area contributed by atoms with Crippen molar-refractivity contribution < 1.29 is 27.9 Å². The first-order valence-electron chi connectivity index (χ1n) is 5.26. The SMILES string of the molecule is CC(C)OCCS(=O)(=O)NC(CC(N)=O)C(=O)O. The van der Waals surface area contributed by atoms with E-state index in [-0.39, 0.29) is 18.5 Å². The Labute approximate surface area is 106 Å². The summed E-state index contributed by atoms with van der Waals surface area (Å²) < 4.78 is 29.9. The van der Waals surface area contributed by atoms with Crippen molar-refractivity contribution in [2.45, 2.75) is 32.4 Å². The maximum Gasteiger partial charge on any atom is 0.322 e. The van der Waals surface area contributed by atoms with E-state index in [4.69, 9.17) is 15.6 Å². The van der Waals surface area contributed by atoms with E-state index in [9.17, 15) is 18.0 Å². The number of carbonyl (C=O) groups excluding carboxylic acids is 1. The topological polar surface area (TPSA) is 136 Å². The molecule has 0 aromatic carbocycles. The molecule has 0 saturated carbocycles. The molecule has 1 unspecified atom stereocenters. The van der Waals surface area contributed by atoms with Crippen molar-refractivity contribution in [2.75, 3.05) is 12.4 Å². The van der Waals surface area contributed by atoms with Gasteiger partial charge in [0, 0.05) is 0 Å². The average molecular weight is 282 g/mol. The number of hydrogen-bond acceptors (Lipinski definition) is 5. The summed E-state index contributed by atoms with van der Waals surface area (Å²) in [7, 11) is -3.83. The van der Waals surface area contributed by atoms with E-state index < -0.39 is 34.4 Å². The van der Waals surface area contributed by atoms with Gasteiger partial charge in [0.25, 0.3) is 0 Å². The molecule has 0 aliphatic heterocycles. The normalized spacial score (nSPS) is 13.5. The molecule has 0 rings (SSSR count). The lowest BCUT2D eigenvalue weighted by atomic mass is 10.2. The van der Waals surface area contributed by atoms with Gasteiger partial charge in [0.15, 0.2) is 0 Å². The van der Waals surface area contributed by atoms with Gasteiger partial charge in [-0.1, -0.05) is 0 Å². The molecule has 106 valence electrons. The van der Waals surface area contributed by atoms with Crippen LogP contribution in [0.4, 0.5) is 0 Å². The number of rotatable bonds is 9. The minimum absolute atomic E-state index is 0.0596. The second-order valence-electron chi connectivity index (χ2n) is 3.92. The number of sulfonamides is 1. The van der Waals surface area contributed by atoms with Gasteiger partial charge in [0.05, 0.1) is 24.9 Å². The Morgan fingerprint density at radius 1 is 1.39 bits per heavy atom. The minimum atomic E-state index is -3.83. The summed E-state index contributed by atoms with van der Waals surface area (Å²) >= 11 is 0. The molecule has 1 amide bonds. The van der Waals surface area contributed by atoms with Crippen LogP contribution in [0, 0.1) is 0 Å². The molecule has 0 fully saturated rings.